The molecular weight excluding hydrogens is 328 g/mol. The number of nitrogens with one attached hydrogen (secondary N) is 3. The van der Waals surface area contributed by atoms with Gasteiger partial charge in [0.05, 0.1) is 11.2 Å². The molecule has 2 aromatic carbocycles. The molecule has 1 atom stereocenters. The van der Waals surface area contributed by atoms with Crippen LogP contribution in [0.5, 0.6) is 0 Å². The molecule has 3 rings (SSSR count). The first-order chi connectivity index (χ1) is 12.6. The van der Waals surface area contributed by atoms with E-state index in [0.717, 1.165) is 10.9 Å². The number of benzene rings is 2. The Hall–Kier alpha value is -3.41. The number of amides is 2. The van der Waals surface area contributed by atoms with Gasteiger partial charge in [-0.05, 0) is 49.4 Å². The molecule has 0 aliphatic rings. The molecule has 0 radical (unpaired) electrons. The fourth-order valence-corrected chi connectivity index (χ4v) is 2.66. The second-order valence-corrected chi connectivity index (χ2v) is 5.89. The molecule has 1 unspecified atom stereocenters. The van der Waals surface area contributed by atoms with Crippen molar-refractivity contribution in [2.45, 2.75) is 13.0 Å². The zero-order chi connectivity index (χ0) is 18.5. The first kappa shape index (κ1) is 17.4. The van der Waals surface area contributed by atoms with Crippen LogP contribution in [-0.4, -0.2) is 29.9 Å². The van der Waals surface area contributed by atoms with E-state index in [1.165, 1.54) is 0 Å². The molecule has 132 valence electrons. The van der Waals surface area contributed by atoms with Crippen LogP contribution >= 0.6 is 0 Å². The zero-order valence-electron chi connectivity index (χ0n) is 14.6. The van der Waals surface area contributed by atoms with E-state index in [1.807, 2.05) is 36.4 Å². The molecular formula is C20H20N4O2. The summed E-state index contributed by atoms with van der Waals surface area (Å²) in [6.45, 7) is 1.77. The first-order valence-electron chi connectivity index (χ1n) is 8.32. The lowest BCUT2D eigenvalue weighted by Gasteiger charge is -2.16. The molecule has 26 heavy (non-hydrogen) atoms. The third-order valence-electron chi connectivity index (χ3n) is 4.03. The van der Waals surface area contributed by atoms with Crippen molar-refractivity contribution in [2.24, 2.45) is 0 Å². The van der Waals surface area contributed by atoms with Gasteiger partial charge in [-0.25, -0.2) is 0 Å². The molecule has 0 saturated carbocycles. The Labute approximate surface area is 151 Å². The summed E-state index contributed by atoms with van der Waals surface area (Å²) in [5, 5.41) is 9.52. The number of nitrogens with zero attached hydrogens (tertiary/aromatic N) is 1. The molecule has 0 aliphatic carbocycles. The summed E-state index contributed by atoms with van der Waals surface area (Å²) in [7, 11) is 1.58. The molecule has 1 heterocycles. The van der Waals surface area contributed by atoms with Gasteiger partial charge < -0.3 is 16.0 Å². The van der Waals surface area contributed by atoms with Gasteiger partial charge in [0.1, 0.15) is 6.04 Å². The predicted octanol–water partition coefficient (Wildman–Crippen LogP) is 3.03. The van der Waals surface area contributed by atoms with E-state index in [-0.39, 0.29) is 11.8 Å². The highest BCUT2D eigenvalue weighted by Crippen LogP contribution is 2.21. The lowest BCUT2D eigenvalue weighted by atomic mass is 10.1. The van der Waals surface area contributed by atoms with Crippen LogP contribution in [0.2, 0.25) is 0 Å². The minimum atomic E-state index is -0.484. The maximum absolute atomic E-state index is 12.6. The van der Waals surface area contributed by atoms with E-state index in [4.69, 9.17) is 0 Å². The van der Waals surface area contributed by atoms with Crippen molar-refractivity contribution in [1.82, 2.24) is 10.3 Å². The second-order valence-electron chi connectivity index (χ2n) is 5.89. The standard InChI is InChI=1S/C20H20N4O2/c1-13(23-15-7-3-6-14(12-15)20(26)21-2)19(25)24-18-10-4-9-17-16(18)8-5-11-22-17/h3-13,23H,1-2H3,(H,21,26)(H,24,25). The lowest BCUT2D eigenvalue weighted by Crippen LogP contribution is -2.32. The maximum atomic E-state index is 12.6. The minimum absolute atomic E-state index is 0.172. The average molecular weight is 348 g/mol. The third kappa shape index (κ3) is 3.80. The highest BCUT2D eigenvalue weighted by Gasteiger charge is 2.15. The van der Waals surface area contributed by atoms with Crippen molar-refractivity contribution < 1.29 is 9.59 Å². The number of hydrogen-bond donors (Lipinski definition) is 3. The number of carbonyl (C=O) groups is 2. The summed E-state index contributed by atoms with van der Waals surface area (Å²) in [5.74, 6) is -0.347. The average Bonchev–Trinajstić information content (AvgIpc) is 2.67. The summed E-state index contributed by atoms with van der Waals surface area (Å²) in [5.41, 5.74) is 2.77. The van der Waals surface area contributed by atoms with Gasteiger partial charge in [0, 0.05) is 29.9 Å². The Morgan fingerprint density at radius 2 is 1.85 bits per heavy atom. The Bertz CT molecular complexity index is 950. The van der Waals surface area contributed by atoms with E-state index in [2.05, 4.69) is 20.9 Å². The van der Waals surface area contributed by atoms with Gasteiger partial charge in [-0.15, -0.1) is 0 Å². The Morgan fingerprint density at radius 3 is 2.65 bits per heavy atom. The fraction of sp³-hybridized carbons (Fsp3) is 0.150. The maximum Gasteiger partial charge on any atom is 0.251 e. The smallest absolute Gasteiger partial charge is 0.251 e. The number of hydrogen-bond acceptors (Lipinski definition) is 4. The molecule has 0 aliphatic heterocycles. The van der Waals surface area contributed by atoms with Gasteiger partial charge in [-0.1, -0.05) is 12.1 Å². The molecule has 6 nitrogen and oxygen atoms in total. The summed E-state index contributed by atoms with van der Waals surface area (Å²) in [4.78, 5) is 28.6. The number of fused-ring (bicyclic) bond motifs is 1. The molecule has 3 N–H and O–H groups in total. The number of anilines is 2. The Kier molecular flexibility index (Phi) is 5.12. The summed E-state index contributed by atoms with van der Waals surface area (Å²) in [6, 6.07) is 15.9. The molecule has 0 bridgehead atoms. The van der Waals surface area contributed by atoms with Crippen LogP contribution in [0.15, 0.2) is 60.8 Å². The monoisotopic (exact) mass is 348 g/mol. The highest BCUT2D eigenvalue weighted by atomic mass is 16.2. The molecule has 3 aromatic rings. The first-order valence-corrected chi connectivity index (χ1v) is 8.32. The van der Waals surface area contributed by atoms with Crippen LogP contribution in [0.4, 0.5) is 11.4 Å². The minimum Gasteiger partial charge on any atom is -0.374 e. The van der Waals surface area contributed by atoms with Crippen LogP contribution < -0.4 is 16.0 Å². The van der Waals surface area contributed by atoms with E-state index < -0.39 is 6.04 Å². The topological polar surface area (TPSA) is 83.1 Å². The molecule has 2 amide bonds. The zero-order valence-corrected chi connectivity index (χ0v) is 14.6. The van der Waals surface area contributed by atoms with Gasteiger partial charge >= 0.3 is 0 Å². The predicted molar refractivity (Wildman–Crippen MR) is 103 cm³/mol. The molecule has 0 saturated heterocycles. The summed E-state index contributed by atoms with van der Waals surface area (Å²) < 4.78 is 0. The molecule has 6 heteroatoms. The molecule has 0 spiro atoms. The third-order valence-corrected chi connectivity index (χ3v) is 4.03. The van der Waals surface area contributed by atoms with Crippen LogP contribution in [-0.2, 0) is 4.79 Å². The number of carbonyl (C=O) groups excluding carboxylic acids is 2. The number of aromatic nitrogens is 1. The van der Waals surface area contributed by atoms with E-state index in [0.29, 0.717) is 16.9 Å². The summed E-state index contributed by atoms with van der Waals surface area (Å²) >= 11 is 0. The van der Waals surface area contributed by atoms with Crippen LogP contribution in [0.1, 0.15) is 17.3 Å². The molecule has 0 fully saturated rings. The number of pyridine rings is 1. The lowest BCUT2D eigenvalue weighted by molar-refractivity contribution is -0.116. The van der Waals surface area contributed by atoms with Gasteiger partial charge in [0.15, 0.2) is 0 Å². The van der Waals surface area contributed by atoms with Crippen molar-refractivity contribution in [3.8, 4) is 0 Å². The second kappa shape index (κ2) is 7.65. The van der Waals surface area contributed by atoms with Crippen molar-refractivity contribution in [3.05, 3.63) is 66.4 Å². The Morgan fingerprint density at radius 1 is 1.04 bits per heavy atom. The van der Waals surface area contributed by atoms with Crippen molar-refractivity contribution in [1.29, 1.82) is 0 Å². The Balaban J connectivity index is 1.73. The van der Waals surface area contributed by atoms with Gasteiger partial charge in [-0.2, -0.15) is 0 Å². The van der Waals surface area contributed by atoms with Gasteiger partial charge in [0.25, 0.3) is 5.91 Å². The summed E-state index contributed by atoms with van der Waals surface area (Å²) in [6.07, 6.45) is 1.72. The highest BCUT2D eigenvalue weighted by molar-refractivity contribution is 6.03. The van der Waals surface area contributed by atoms with E-state index in [9.17, 15) is 9.59 Å². The largest absolute Gasteiger partial charge is 0.374 e. The molecule has 1 aromatic heterocycles. The van der Waals surface area contributed by atoms with Crippen molar-refractivity contribution in [2.75, 3.05) is 17.7 Å². The quantitative estimate of drug-likeness (QED) is 0.662. The van der Waals surface area contributed by atoms with Gasteiger partial charge in [-0.3, -0.25) is 14.6 Å². The van der Waals surface area contributed by atoms with Crippen LogP contribution in [0.3, 0.4) is 0 Å². The van der Waals surface area contributed by atoms with E-state index >= 15 is 0 Å². The number of rotatable bonds is 5. The van der Waals surface area contributed by atoms with Crippen molar-refractivity contribution in [3.63, 3.8) is 0 Å². The van der Waals surface area contributed by atoms with Gasteiger partial charge in [0.2, 0.25) is 5.91 Å². The SMILES string of the molecule is CNC(=O)c1cccc(NC(C)C(=O)Nc2cccc3ncccc23)c1. The van der Waals surface area contributed by atoms with Crippen LogP contribution in [0, 0.1) is 0 Å². The van der Waals surface area contributed by atoms with Crippen molar-refractivity contribution >= 4 is 34.1 Å². The fourth-order valence-electron chi connectivity index (χ4n) is 2.66. The van der Waals surface area contributed by atoms with Crippen LogP contribution in [0.25, 0.3) is 10.9 Å². The normalized spacial score (nSPS) is 11.6. The van der Waals surface area contributed by atoms with E-state index in [1.54, 1.807) is 38.4 Å².